The van der Waals surface area contributed by atoms with E-state index in [1.165, 1.54) is 12.4 Å². The van der Waals surface area contributed by atoms with Gasteiger partial charge in [0.2, 0.25) is 0 Å². The van der Waals surface area contributed by atoms with Crippen molar-refractivity contribution in [1.82, 2.24) is 25.0 Å². The fourth-order valence-electron chi connectivity index (χ4n) is 2.76. The maximum absolute atomic E-state index is 14.2. The number of benzene rings is 2. The molecule has 4 aromatic rings. The van der Waals surface area contributed by atoms with Gasteiger partial charge in [-0.25, -0.2) is 19.0 Å². The zero-order valence-electron chi connectivity index (χ0n) is 15.3. The molecule has 2 heterocycles. The third kappa shape index (κ3) is 4.27. The minimum Gasteiger partial charge on any atom is -0.493 e. The minimum atomic E-state index is -0.399. The molecule has 0 atom stereocenters. The molecule has 10 heteroatoms. The lowest BCUT2D eigenvalue weighted by atomic mass is 10.2. The normalized spacial score (nSPS) is 10.9. The Labute approximate surface area is 173 Å². The number of anilines is 2. The molecule has 1 N–H and O–H groups in total. The third-order valence-electron chi connectivity index (χ3n) is 4.15. The Kier molecular flexibility index (Phi) is 5.52. The number of hydrogen-bond donors (Lipinski definition) is 1. The lowest BCUT2D eigenvalue weighted by molar-refractivity contribution is 0.273. The molecular weight excluding hydrogens is 443 g/mol. The van der Waals surface area contributed by atoms with E-state index in [9.17, 15) is 4.39 Å². The summed E-state index contributed by atoms with van der Waals surface area (Å²) in [6.45, 7) is 0.894. The molecule has 148 valence electrons. The van der Waals surface area contributed by atoms with Crippen LogP contribution >= 0.6 is 15.9 Å². The molecule has 0 aliphatic rings. The number of nitrogens with zero attached hydrogens (tertiary/aromatic N) is 5. The van der Waals surface area contributed by atoms with Gasteiger partial charge in [0.05, 0.1) is 31.1 Å². The van der Waals surface area contributed by atoms with E-state index in [4.69, 9.17) is 9.47 Å². The second-order valence-corrected chi connectivity index (χ2v) is 6.92. The number of nitrogens with one attached hydrogen (secondary N) is 1. The highest BCUT2D eigenvalue weighted by atomic mass is 79.9. The first-order valence-corrected chi connectivity index (χ1v) is 9.45. The van der Waals surface area contributed by atoms with E-state index < -0.39 is 5.82 Å². The van der Waals surface area contributed by atoms with Crippen molar-refractivity contribution < 1.29 is 13.9 Å². The maximum atomic E-state index is 14.2. The van der Waals surface area contributed by atoms with Gasteiger partial charge in [-0.2, -0.15) is 0 Å². The quantitative estimate of drug-likeness (QED) is 0.448. The molecule has 2 aromatic carbocycles. The zero-order chi connectivity index (χ0) is 20.2. The summed E-state index contributed by atoms with van der Waals surface area (Å²) < 4.78 is 27.9. The van der Waals surface area contributed by atoms with Crippen LogP contribution in [0.4, 0.5) is 15.9 Å². The van der Waals surface area contributed by atoms with Crippen LogP contribution in [0.15, 0.2) is 53.5 Å². The summed E-state index contributed by atoms with van der Waals surface area (Å²) in [6, 6.07) is 8.29. The molecule has 2 aromatic heterocycles. The summed E-state index contributed by atoms with van der Waals surface area (Å²) in [4.78, 5) is 8.54. The first kappa shape index (κ1) is 19.1. The van der Waals surface area contributed by atoms with Gasteiger partial charge in [-0.05, 0) is 24.3 Å². The molecular formula is C19H16BrFN6O2. The van der Waals surface area contributed by atoms with Crippen LogP contribution in [-0.2, 0) is 6.54 Å². The summed E-state index contributed by atoms with van der Waals surface area (Å²) in [7, 11) is 1.56. The van der Waals surface area contributed by atoms with Crippen LogP contribution < -0.4 is 14.8 Å². The number of rotatable bonds is 7. The first-order valence-electron chi connectivity index (χ1n) is 8.66. The number of fused-ring (bicyclic) bond motifs is 1. The highest BCUT2D eigenvalue weighted by Gasteiger charge is 2.13. The number of halogens is 2. The van der Waals surface area contributed by atoms with E-state index >= 15 is 0 Å². The average Bonchev–Trinajstić information content (AvgIpc) is 3.23. The van der Waals surface area contributed by atoms with Gasteiger partial charge in [0.1, 0.15) is 24.6 Å². The van der Waals surface area contributed by atoms with Gasteiger partial charge < -0.3 is 14.8 Å². The molecule has 0 radical (unpaired) electrons. The molecule has 4 rings (SSSR count). The van der Waals surface area contributed by atoms with Crippen LogP contribution in [0, 0.1) is 5.82 Å². The number of hydrogen-bond acceptors (Lipinski definition) is 7. The molecule has 0 aliphatic heterocycles. The van der Waals surface area contributed by atoms with Crippen LogP contribution in [0.1, 0.15) is 0 Å². The van der Waals surface area contributed by atoms with Gasteiger partial charge in [0, 0.05) is 22.1 Å². The van der Waals surface area contributed by atoms with Crippen molar-refractivity contribution in [2.24, 2.45) is 0 Å². The summed E-state index contributed by atoms with van der Waals surface area (Å²) in [5, 5.41) is 11.4. The van der Waals surface area contributed by atoms with Gasteiger partial charge in [-0.3, -0.25) is 0 Å². The lowest BCUT2D eigenvalue weighted by Gasteiger charge is -2.14. The Bertz CT molecular complexity index is 1140. The molecule has 0 amide bonds. The zero-order valence-corrected chi connectivity index (χ0v) is 16.9. The fourth-order valence-corrected chi connectivity index (χ4v) is 3.09. The van der Waals surface area contributed by atoms with Crippen LogP contribution in [-0.4, -0.2) is 38.7 Å². The minimum absolute atomic E-state index is 0.303. The molecule has 0 bridgehead atoms. The molecule has 29 heavy (non-hydrogen) atoms. The Morgan fingerprint density at radius 2 is 2.07 bits per heavy atom. The van der Waals surface area contributed by atoms with E-state index in [0.29, 0.717) is 51.5 Å². The monoisotopic (exact) mass is 458 g/mol. The number of methoxy groups -OCH3 is 1. The number of ether oxygens (including phenoxy) is 2. The maximum Gasteiger partial charge on any atom is 0.162 e. The predicted octanol–water partition coefficient (Wildman–Crippen LogP) is 3.95. The Morgan fingerprint density at radius 1 is 1.17 bits per heavy atom. The van der Waals surface area contributed by atoms with E-state index in [1.54, 1.807) is 48.5 Å². The second kappa shape index (κ2) is 8.39. The van der Waals surface area contributed by atoms with Gasteiger partial charge in [-0.15, -0.1) is 5.10 Å². The molecule has 0 aliphatic carbocycles. The van der Waals surface area contributed by atoms with Crippen molar-refractivity contribution in [3.8, 4) is 11.5 Å². The van der Waals surface area contributed by atoms with Gasteiger partial charge >= 0.3 is 0 Å². The van der Waals surface area contributed by atoms with Crippen LogP contribution in [0.25, 0.3) is 10.9 Å². The Balaban J connectivity index is 1.64. The highest BCUT2D eigenvalue weighted by molar-refractivity contribution is 9.10. The van der Waals surface area contributed by atoms with E-state index in [1.807, 2.05) is 0 Å². The summed E-state index contributed by atoms with van der Waals surface area (Å²) in [5.41, 5.74) is 0.943. The Hall–Kier alpha value is -3.27. The highest BCUT2D eigenvalue weighted by Crippen LogP contribution is 2.35. The van der Waals surface area contributed by atoms with E-state index in [-0.39, 0.29) is 0 Å². The molecule has 0 unspecified atom stereocenters. The largest absolute Gasteiger partial charge is 0.493 e. The molecule has 8 nitrogen and oxygen atoms in total. The average molecular weight is 459 g/mol. The predicted molar refractivity (Wildman–Crippen MR) is 109 cm³/mol. The summed E-state index contributed by atoms with van der Waals surface area (Å²) in [5.74, 6) is 1.12. The van der Waals surface area contributed by atoms with Crippen molar-refractivity contribution >= 4 is 38.3 Å². The van der Waals surface area contributed by atoms with Crippen LogP contribution in [0.3, 0.4) is 0 Å². The fraction of sp³-hybridized carbons (Fsp3) is 0.158. The smallest absolute Gasteiger partial charge is 0.162 e. The number of aromatic nitrogens is 5. The van der Waals surface area contributed by atoms with Gasteiger partial charge in [-0.1, -0.05) is 21.1 Å². The van der Waals surface area contributed by atoms with Gasteiger partial charge in [0.25, 0.3) is 0 Å². The lowest BCUT2D eigenvalue weighted by Crippen LogP contribution is -2.09. The Morgan fingerprint density at radius 3 is 2.83 bits per heavy atom. The van der Waals surface area contributed by atoms with Crippen molar-refractivity contribution in [2.45, 2.75) is 6.54 Å². The SMILES string of the molecule is COc1cc2ncnc(Nc3ccc(Br)cc3F)c2cc1OCCn1ccnn1. The third-order valence-corrected chi connectivity index (χ3v) is 4.65. The standard InChI is InChI=1S/C19H16BrFN6O2/c1-28-17-10-16-13(9-18(17)29-7-6-27-5-4-24-26-27)19(23-11-22-16)25-15-3-2-12(20)8-14(15)21/h2-5,8-11H,6-7H2,1H3,(H,22,23,25). The summed E-state index contributed by atoms with van der Waals surface area (Å²) >= 11 is 3.25. The van der Waals surface area contributed by atoms with Crippen LogP contribution in [0.5, 0.6) is 11.5 Å². The van der Waals surface area contributed by atoms with Crippen molar-refractivity contribution in [1.29, 1.82) is 0 Å². The molecule has 0 saturated carbocycles. The van der Waals surface area contributed by atoms with Gasteiger partial charge in [0.15, 0.2) is 11.5 Å². The molecule has 0 spiro atoms. The van der Waals surface area contributed by atoms with E-state index in [2.05, 4.69) is 41.5 Å². The first-order chi connectivity index (χ1) is 14.1. The second-order valence-electron chi connectivity index (χ2n) is 6.01. The molecule has 0 saturated heterocycles. The molecule has 0 fully saturated rings. The van der Waals surface area contributed by atoms with Crippen LogP contribution in [0.2, 0.25) is 0 Å². The van der Waals surface area contributed by atoms with E-state index in [0.717, 1.165) is 0 Å². The van der Waals surface area contributed by atoms with Crippen molar-refractivity contribution in [2.75, 3.05) is 19.0 Å². The van der Waals surface area contributed by atoms with Crippen molar-refractivity contribution in [3.05, 3.63) is 59.3 Å². The summed E-state index contributed by atoms with van der Waals surface area (Å²) in [6.07, 6.45) is 4.77. The van der Waals surface area contributed by atoms with Crippen molar-refractivity contribution in [3.63, 3.8) is 0 Å². The topological polar surface area (TPSA) is 87.0 Å².